The second-order valence-electron chi connectivity index (χ2n) is 6.85. The number of amides is 1. The Kier molecular flexibility index (Phi) is 5.39. The lowest BCUT2D eigenvalue weighted by Gasteiger charge is -2.29. The second-order valence-corrected chi connectivity index (χ2v) is 6.85. The average Bonchev–Trinajstić information content (AvgIpc) is 3.21. The smallest absolute Gasteiger partial charge is 0.287 e. The molecule has 0 aliphatic carbocycles. The van der Waals surface area contributed by atoms with E-state index in [0.29, 0.717) is 18.9 Å². The lowest BCUT2D eigenvalue weighted by molar-refractivity contribution is 0.0914. The summed E-state index contributed by atoms with van der Waals surface area (Å²) in [6, 6.07) is 16.0. The predicted molar refractivity (Wildman–Crippen MR) is 106 cm³/mol. The molecule has 0 spiro atoms. The largest absolute Gasteiger partial charge is 0.453 e. The van der Waals surface area contributed by atoms with Gasteiger partial charge < -0.3 is 19.4 Å². The van der Waals surface area contributed by atoms with Crippen molar-refractivity contribution in [1.29, 1.82) is 0 Å². The van der Waals surface area contributed by atoms with Crippen LogP contribution in [0.15, 0.2) is 59.1 Å². The van der Waals surface area contributed by atoms with Crippen molar-refractivity contribution in [1.82, 2.24) is 10.3 Å². The van der Waals surface area contributed by atoms with Gasteiger partial charge in [-0.05, 0) is 41.3 Å². The van der Waals surface area contributed by atoms with Gasteiger partial charge in [-0.15, -0.1) is 0 Å². The molecule has 2 aromatic heterocycles. The quantitative estimate of drug-likeness (QED) is 0.714. The van der Waals surface area contributed by atoms with Gasteiger partial charge >= 0.3 is 0 Å². The molecule has 3 heterocycles. The maximum absolute atomic E-state index is 12.2. The molecule has 1 aromatic carbocycles. The first-order chi connectivity index (χ1) is 13.7. The van der Waals surface area contributed by atoms with Crippen LogP contribution in [0.3, 0.4) is 0 Å². The minimum absolute atomic E-state index is 0.251. The van der Waals surface area contributed by atoms with E-state index in [1.807, 2.05) is 18.3 Å². The molecule has 0 atom stereocenters. The summed E-state index contributed by atoms with van der Waals surface area (Å²) in [5.74, 6) is 1.62. The Bertz CT molecular complexity index is 950. The minimum Gasteiger partial charge on any atom is -0.453 e. The van der Waals surface area contributed by atoms with Gasteiger partial charge in [-0.3, -0.25) is 4.79 Å². The van der Waals surface area contributed by atoms with Crippen molar-refractivity contribution in [3.8, 4) is 0 Å². The maximum Gasteiger partial charge on any atom is 0.287 e. The lowest BCUT2D eigenvalue weighted by atomic mass is 10.00. The molecule has 0 saturated carbocycles. The number of rotatable bonds is 6. The molecule has 144 valence electrons. The van der Waals surface area contributed by atoms with Crippen LogP contribution in [0, 0.1) is 0 Å². The highest BCUT2D eigenvalue weighted by Gasteiger charge is 2.17. The first kappa shape index (κ1) is 18.3. The number of methoxy groups -OCH3 is 1. The Balaban J connectivity index is 1.34. The normalized spacial score (nSPS) is 13.2. The zero-order valence-corrected chi connectivity index (χ0v) is 15.9. The number of fused-ring (bicyclic) bond motifs is 1. The number of nitrogens with zero attached hydrogens (tertiary/aromatic N) is 2. The Morgan fingerprint density at radius 3 is 2.82 bits per heavy atom. The van der Waals surface area contributed by atoms with Crippen molar-refractivity contribution >= 4 is 11.7 Å². The predicted octanol–water partition coefficient (Wildman–Crippen LogP) is 3.31. The number of carbonyl (C=O) groups is 1. The molecule has 28 heavy (non-hydrogen) atoms. The van der Waals surface area contributed by atoms with E-state index in [1.54, 1.807) is 19.2 Å². The third kappa shape index (κ3) is 4.07. The van der Waals surface area contributed by atoms with E-state index in [-0.39, 0.29) is 11.7 Å². The van der Waals surface area contributed by atoms with Gasteiger partial charge in [-0.1, -0.05) is 30.3 Å². The fourth-order valence-electron chi connectivity index (χ4n) is 3.39. The topological polar surface area (TPSA) is 67.6 Å². The van der Waals surface area contributed by atoms with Crippen LogP contribution in [0.4, 0.5) is 5.82 Å². The summed E-state index contributed by atoms with van der Waals surface area (Å²) in [4.78, 5) is 19.1. The Hall–Kier alpha value is -3.12. The number of ether oxygens (including phenoxy) is 1. The van der Waals surface area contributed by atoms with Crippen LogP contribution in [0.5, 0.6) is 0 Å². The number of furan rings is 1. The fourth-order valence-corrected chi connectivity index (χ4v) is 3.39. The number of anilines is 1. The van der Waals surface area contributed by atoms with Crippen molar-refractivity contribution < 1.29 is 13.9 Å². The van der Waals surface area contributed by atoms with Crippen molar-refractivity contribution in [2.75, 3.05) is 18.6 Å². The van der Waals surface area contributed by atoms with E-state index in [2.05, 4.69) is 39.5 Å². The highest BCUT2D eigenvalue weighted by atomic mass is 16.5. The van der Waals surface area contributed by atoms with Crippen molar-refractivity contribution in [2.24, 2.45) is 0 Å². The lowest BCUT2D eigenvalue weighted by Crippen LogP contribution is -2.31. The molecule has 4 rings (SSSR count). The van der Waals surface area contributed by atoms with Crippen molar-refractivity contribution in [3.63, 3.8) is 0 Å². The highest BCUT2D eigenvalue weighted by Crippen LogP contribution is 2.23. The molecule has 1 N–H and O–H groups in total. The maximum atomic E-state index is 12.2. The van der Waals surface area contributed by atoms with E-state index in [1.165, 1.54) is 11.1 Å². The molecule has 3 aromatic rings. The summed E-state index contributed by atoms with van der Waals surface area (Å²) in [6.07, 6.45) is 2.85. The van der Waals surface area contributed by atoms with Crippen LogP contribution in [-0.2, 0) is 30.9 Å². The summed E-state index contributed by atoms with van der Waals surface area (Å²) in [5, 5.41) is 2.86. The van der Waals surface area contributed by atoms with E-state index >= 15 is 0 Å². The third-order valence-electron chi connectivity index (χ3n) is 4.89. The van der Waals surface area contributed by atoms with Crippen molar-refractivity contribution in [2.45, 2.75) is 26.1 Å². The zero-order valence-electron chi connectivity index (χ0n) is 15.9. The Morgan fingerprint density at radius 2 is 2.04 bits per heavy atom. The summed E-state index contributed by atoms with van der Waals surface area (Å²) < 4.78 is 10.4. The van der Waals surface area contributed by atoms with Crippen LogP contribution >= 0.6 is 0 Å². The number of hydrogen-bond donors (Lipinski definition) is 1. The van der Waals surface area contributed by atoms with E-state index in [0.717, 1.165) is 30.9 Å². The minimum atomic E-state index is -0.251. The van der Waals surface area contributed by atoms with E-state index < -0.39 is 0 Å². The second kappa shape index (κ2) is 8.27. The number of benzene rings is 1. The van der Waals surface area contributed by atoms with Gasteiger partial charge in [-0.2, -0.15) is 0 Å². The first-order valence-corrected chi connectivity index (χ1v) is 9.35. The molecular weight excluding hydrogens is 354 g/mol. The van der Waals surface area contributed by atoms with Gasteiger partial charge in [0.15, 0.2) is 5.76 Å². The Labute approximate surface area is 164 Å². The van der Waals surface area contributed by atoms with E-state index in [4.69, 9.17) is 9.15 Å². The van der Waals surface area contributed by atoms with Crippen LogP contribution < -0.4 is 10.2 Å². The zero-order chi connectivity index (χ0) is 19.3. The standard InChI is InChI=1S/C22H23N3O3/c1-27-15-19-7-8-20(28-19)22(26)24-13-16-6-9-21(23-12-16)25-11-10-17-4-2-3-5-18(17)14-25/h2-9,12H,10-11,13-15H2,1H3,(H,24,26). The van der Waals surface area contributed by atoms with E-state index in [9.17, 15) is 4.79 Å². The SMILES string of the molecule is COCc1ccc(C(=O)NCc2ccc(N3CCc4ccccc4C3)nc2)o1. The number of pyridine rings is 1. The molecule has 0 fully saturated rings. The summed E-state index contributed by atoms with van der Waals surface area (Å²) >= 11 is 0. The summed E-state index contributed by atoms with van der Waals surface area (Å²) in [6.45, 7) is 2.58. The molecule has 1 amide bonds. The van der Waals surface area contributed by atoms with Crippen molar-refractivity contribution in [3.05, 3.63) is 82.9 Å². The summed E-state index contributed by atoms with van der Waals surface area (Å²) in [5.41, 5.74) is 3.72. The van der Waals surface area contributed by atoms with Gasteiger partial charge in [0, 0.05) is 32.9 Å². The van der Waals surface area contributed by atoms with Gasteiger partial charge in [0.25, 0.3) is 5.91 Å². The molecule has 6 nitrogen and oxygen atoms in total. The molecule has 0 bridgehead atoms. The van der Waals surface area contributed by atoms with Crippen LogP contribution in [-0.4, -0.2) is 24.5 Å². The number of carbonyl (C=O) groups excluding carboxylic acids is 1. The fraction of sp³-hybridized carbons (Fsp3) is 0.273. The summed E-state index contributed by atoms with van der Waals surface area (Å²) in [7, 11) is 1.58. The van der Waals surface area contributed by atoms with Crippen LogP contribution in [0.2, 0.25) is 0 Å². The number of nitrogens with one attached hydrogen (secondary N) is 1. The average molecular weight is 377 g/mol. The van der Waals surface area contributed by atoms with Gasteiger partial charge in [-0.25, -0.2) is 4.98 Å². The third-order valence-corrected chi connectivity index (χ3v) is 4.89. The van der Waals surface area contributed by atoms with Crippen LogP contribution in [0.25, 0.3) is 0 Å². The molecule has 0 unspecified atom stereocenters. The molecule has 0 saturated heterocycles. The number of hydrogen-bond acceptors (Lipinski definition) is 5. The van der Waals surface area contributed by atoms with Gasteiger partial charge in [0.05, 0.1) is 0 Å². The first-order valence-electron chi connectivity index (χ1n) is 9.35. The molecule has 1 aliphatic heterocycles. The van der Waals surface area contributed by atoms with Gasteiger partial charge in [0.2, 0.25) is 0 Å². The van der Waals surface area contributed by atoms with Crippen LogP contribution in [0.1, 0.15) is 33.0 Å². The monoisotopic (exact) mass is 377 g/mol. The molecule has 1 aliphatic rings. The molecular formula is C22H23N3O3. The Morgan fingerprint density at radius 1 is 1.18 bits per heavy atom. The molecule has 0 radical (unpaired) electrons. The highest BCUT2D eigenvalue weighted by molar-refractivity contribution is 5.91. The van der Waals surface area contributed by atoms with Gasteiger partial charge in [0.1, 0.15) is 18.2 Å². The molecule has 6 heteroatoms. The number of aromatic nitrogens is 1.